The summed E-state index contributed by atoms with van der Waals surface area (Å²) in [7, 11) is 0. The first-order valence-electron chi connectivity index (χ1n) is 7.26. The first-order chi connectivity index (χ1) is 11.0. The van der Waals surface area contributed by atoms with Gasteiger partial charge in [0, 0.05) is 22.2 Å². The van der Waals surface area contributed by atoms with E-state index in [4.69, 9.17) is 5.73 Å². The van der Waals surface area contributed by atoms with Crippen LogP contribution in [0.15, 0.2) is 42.5 Å². The second-order valence-electron chi connectivity index (χ2n) is 5.57. The van der Waals surface area contributed by atoms with E-state index in [1.54, 1.807) is 24.3 Å². The molecule has 0 saturated carbocycles. The van der Waals surface area contributed by atoms with E-state index in [1.165, 1.54) is 0 Å². The van der Waals surface area contributed by atoms with Crippen molar-refractivity contribution >= 4 is 28.4 Å². The number of anilines is 1. The molecule has 0 saturated heterocycles. The third-order valence-corrected chi connectivity index (χ3v) is 3.87. The largest absolute Gasteiger partial charge is 0.366 e. The van der Waals surface area contributed by atoms with Crippen molar-refractivity contribution in [3.05, 3.63) is 64.8 Å². The third-order valence-electron chi connectivity index (χ3n) is 3.87. The maximum atomic E-state index is 12.5. The summed E-state index contributed by atoms with van der Waals surface area (Å²) < 4.78 is 0. The van der Waals surface area contributed by atoms with Gasteiger partial charge in [0.25, 0.3) is 5.91 Å². The number of carbonyl (C=O) groups is 2. The van der Waals surface area contributed by atoms with Crippen LogP contribution in [0.3, 0.4) is 0 Å². The first-order valence-corrected chi connectivity index (χ1v) is 7.26. The zero-order chi connectivity index (χ0) is 16.6. The maximum absolute atomic E-state index is 12.5. The number of hydrogen-bond donors (Lipinski definition) is 3. The minimum absolute atomic E-state index is 0.219. The minimum Gasteiger partial charge on any atom is -0.366 e. The predicted molar refractivity (Wildman–Crippen MR) is 90.7 cm³/mol. The molecule has 0 bridgehead atoms. The summed E-state index contributed by atoms with van der Waals surface area (Å²) in [6.07, 6.45) is 0. The fraction of sp³-hybridized carbons (Fsp3) is 0.111. The van der Waals surface area contributed by atoms with Crippen LogP contribution < -0.4 is 11.1 Å². The molecule has 0 radical (unpaired) electrons. The van der Waals surface area contributed by atoms with Crippen LogP contribution in [-0.4, -0.2) is 16.8 Å². The number of H-pyrrole nitrogens is 1. The molecule has 3 rings (SSSR count). The molecule has 0 fully saturated rings. The van der Waals surface area contributed by atoms with E-state index in [9.17, 15) is 9.59 Å². The zero-order valence-electron chi connectivity index (χ0n) is 12.9. The maximum Gasteiger partial charge on any atom is 0.272 e. The van der Waals surface area contributed by atoms with E-state index in [-0.39, 0.29) is 5.91 Å². The Hall–Kier alpha value is -3.08. The van der Waals surface area contributed by atoms with Gasteiger partial charge >= 0.3 is 0 Å². The molecule has 116 valence electrons. The number of nitrogens with one attached hydrogen (secondary N) is 2. The molecule has 1 heterocycles. The highest BCUT2D eigenvalue weighted by atomic mass is 16.2. The van der Waals surface area contributed by atoms with E-state index in [0.29, 0.717) is 16.9 Å². The van der Waals surface area contributed by atoms with Gasteiger partial charge in [-0.15, -0.1) is 0 Å². The van der Waals surface area contributed by atoms with Crippen molar-refractivity contribution in [2.24, 2.45) is 5.73 Å². The number of aromatic nitrogens is 1. The van der Waals surface area contributed by atoms with E-state index in [0.717, 1.165) is 22.0 Å². The number of hydrogen-bond acceptors (Lipinski definition) is 2. The lowest BCUT2D eigenvalue weighted by Crippen LogP contribution is -2.14. The zero-order valence-corrected chi connectivity index (χ0v) is 12.9. The van der Waals surface area contributed by atoms with Gasteiger partial charge in [0.05, 0.1) is 0 Å². The van der Waals surface area contributed by atoms with Gasteiger partial charge in [-0.25, -0.2) is 0 Å². The van der Waals surface area contributed by atoms with Crippen LogP contribution in [0.25, 0.3) is 10.9 Å². The second-order valence-corrected chi connectivity index (χ2v) is 5.57. The molecular formula is C18H17N3O2. The first kappa shape index (κ1) is 14.8. The summed E-state index contributed by atoms with van der Waals surface area (Å²) in [6, 6.07) is 12.5. The molecular weight excluding hydrogens is 290 g/mol. The molecule has 5 nitrogen and oxygen atoms in total. The van der Waals surface area contributed by atoms with Gasteiger partial charge in [-0.2, -0.15) is 0 Å². The average Bonchev–Trinajstić information content (AvgIpc) is 2.85. The quantitative estimate of drug-likeness (QED) is 0.694. The van der Waals surface area contributed by atoms with Gasteiger partial charge in [-0.3, -0.25) is 9.59 Å². The Labute approximate surface area is 133 Å². The lowest BCUT2D eigenvalue weighted by molar-refractivity contribution is 0.0998. The van der Waals surface area contributed by atoms with Crippen LogP contribution in [0.1, 0.15) is 32.0 Å². The molecule has 0 spiro atoms. The standard InChI is InChI=1S/C18H17N3O2/c1-10-3-8-15-14(9-10)11(2)16(21-15)18(23)20-13-6-4-12(5-7-13)17(19)22/h3-9,21H,1-2H3,(H2,19,22)(H,20,23). The van der Waals surface area contributed by atoms with Crippen LogP contribution in [0.5, 0.6) is 0 Å². The molecule has 1 aromatic heterocycles. The van der Waals surface area contributed by atoms with Crippen molar-refractivity contribution in [1.82, 2.24) is 4.98 Å². The molecule has 0 aliphatic heterocycles. The summed E-state index contributed by atoms with van der Waals surface area (Å²) in [5.74, 6) is -0.715. The SMILES string of the molecule is Cc1ccc2[nH]c(C(=O)Nc3ccc(C(N)=O)cc3)c(C)c2c1. The Morgan fingerprint density at radius 2 is 1.74 bits per heavy atom. The van der Waals surface area contributed by atoms with Gasteiger partial charge in [0.2, 0.25) is 5.91 Å². The molecule has 2 aromatic carbocycles. The normalized spacial score (nSPS) is 10.7. The minimum atomic E-state index is -0.496. The number of amides is 2. The molecule has 0 atom stereocenters. The highest BCUT2D eigenvalue weighted by Gasteiger charge is 2.15. The molecule has 23 heavy (non-hydrogen) atoms. The molecule has 3 aromatic rings. The second kappa shape index (κ2) is 5.61. The Bertz CT molecular complexity index is 908. The Balaban J connectivity index is 1.88. The third kappa shape index (κ3) is 2.81. The number of benzene rings is 2. The smallest absolute Gasteiger partial charge is 0.272 e. The van der Waals surface area contributed by atoms with Crippen molar-refractivity contribution in [2.45, 2.75) is 13.8 Å². The topological polar surface area (TPSA) is 88.0 Å². The molecule has 5 heteroatoms. The van der Waals surface area contributed by atoms with Gasteiger partial charge in [0.15, 0.2) is 0 Å². The summed E-state index contributed by atoms with van der Waals surface area (Å²) in [5, 5.41) is 3.86. The number of aryl methyl sites for hydroxylation is 2. The monoisotopic (exact) mass is 307 g/mol. The fourth-order valence-electron chi connectivity index (χ4n) is 2.58. The predicted octanol–water partition coefficient (Wildman–Crippen LogP) is 3.14. The molecule has 0 unspecified atom stereocenters. The highest BCUT2D eigenvalue weighted by Crippen LogP contribution is 2.23. The van der Waals surface area contributed by atoms with E-state index >= 15 is 0 Å². The Morgan fingerprint density at radius 3 is 2.39 bits per heavy atom. The van der Waals surface area contributed by atoms with Gasteiger partial charge < -0.3 is 16.0 Å². The van der Waals surface area contributed by atoms with Crippen LogP contribution in [-0.2, 0) is 0 Å². The summed E-state index contributed by atoms with van der Waals surface area (Å²) in [6.45, 7) is 3.94. The van der Waals surface area contributed by atoms with Crippen LogP contribution >= 0.6 is 0 Å². The van der Waals surface area contributed by atoms with Gasteiger partial charge in [-0.05, 0) is 55.8 Å². The van der Waals surface area contributed by atoms with Crippen molar-refractivity contribution < 1.29 is 9.59 Å². The average molecular weight is 307 g/mol. The number of carbonyl (C=O) groups excluding carboxylic acids is 2. The van der Waals surface area contributed by atoms with Crippen molar-refractivity contribution in [3.63, 3.8) is 0 Å². The van der Waals surface area contributed by atoms with Crippen LogP contribution in [0.2, 0.25) is 0 Å². The number of fused-ring (bicyclic) bond motifs is 1. The number of rotatable bonds is 3. The van der Waals surface area contributed by atoms with E-state index < -0.39 is 5.91 Å². The molecule has 0 aliphatic carbocycles. The summed E-state index contributed by atoms with van der Waals surface area (Å²) in [5.41, 5.74) is 9.73. The van der Waals surface area contributed by atoms with Crippen molar-refractivity contribution in [3.8, 4) is 0 Å². The summed E-state index contributed by atoms with van der Waals surface area (Å²) >= 11 is 0. The number of aromatic amines is 1. The highest BCUT2D eigenvalue weighted by molar-refractivity contribution is 6.08. The summed E-state index contributed by atoms with van der Waals surface area (Å²) in [4.78, 5) is 26.7. The Morgan fingerprint density at radius 1 is 1.04 bits per heavy atom. The van der Waals surface area contributed by atoms with Crippen LogP contribution in [0, 0.1) is 13.8 Å². The Kier molecular flexibility index (Phi) is 3.62. The fourth-order valence-corrected chi connectivity index (χ4v) is 2.58. The number of nitrogens with two attached hydrogens (primary N) is 1. The van der Waals surface area contributed by atoms with Crippen LogP contribution in [0.4, 0.5) is 5.69 Å². The van der Waals surface area contributed by atoms with Gasteiger partial charge in [0.1, 0.15) is 5.69 Å². The number of primary amides is 1. The van der Waals surface area contributed by atoms with E-state index in [2.05, 4.69) is 16.4 Å². The lowest BCUT2D eigenvalue weighted by Gasteiger charge is -2.05. The van der Waals surface area contributed by atoms with Crippen molar-refractivity contribution in [2.75, 3.05) is 5.32 Å². The molecule has 0 aliphatic rings. The van der Waals surface area contributed by atoms with Gasteiger partial charge in [-0.1, -0.05) is 11.6 Å². The lowest BCUT2D eigenvalue weighted by atomic mass is 10.1. The molecule has 4 N–H and O–H groups in total. The molecule has 2 amide bonds. The van der Waals surface area contributed by atoms with E-state index in [1.807, 2.05) is 26.0 Å². The van der Waals surface area contributed by atoms with Crippen molar-refractivity contribution in [1.29, 1.82) is 0 Å².